The minimum Gasteiger partial charge on any atom is -0.444 e. The first kappa shape index (κ1) is 27.9. The summed E-state index contributed by atoms with van der Waals surface area (Å²) in [7, 11) is 2.06. The fourth-order valence-electron chi connectivity index (χ4n) is 7.91. The van der Waals surface area contributed by atoms with Gasteiger partial charge in [-0.2, -0.15) is 10.2 Å². The molecule has 1 amide bonds. The summed E-state index contributed by atoms with van der Waals surface area (Å²) in [6.07, 6.45) is 7.70. The molecule has 43 heavy (non-hydrogen) atoms. The fraction of sp³-hybridized carbons (Fsp3) is 0.529. The Balaban J connectivity index is 1.27. The number of rotatable bonds is 3. The van der Waals surface area contributed by atoms with E-state index in [2.05, 4.69) is 60.1 Å². The Morgan fingerprint density at radius 2 is 1.86 bits per heavy atom. The molecule has 9 nitrogen and oxygen atoms in total. The van der Waals surface area contributed by atoms with Crippen molar-refractivity contribution in [1.82, 2.24) is 29.9 Å². The van der Waals surface area contributed by atoms with Gasteiger partial charge in [-0.05, 0) is 95.0 Å². The number of hydrogen-bond donors (Lipinski definition) is 1. The molecule has 9 heteroatoms. The lowest BCUT2D eigenvalue weighted by Gasteiger charge is -2.47. The highest BCUT2D eigenvalue weighted by Gasteiger charge is 2.51. The molecule has 3 aliphatic rings. The number of nitrogens with one attached hydrogen (secondary N) is 1. The van der Waals surface area contributed by atoms with Crippen LogP contribution in [0.4, 0.5) is 10.6 Å². The zero-order valence-electron chi connectivity index (χ0n) is 26.5. The Bertz CT molecular complexity index is 1720. The van der Waals surface area contributed by atoms with Crippen molar-refractivity contribution in [3.8, 4) is 11.1 Å². The number of aromatic amines is 1. The lowest BCUT2D eigenvalue weighted by Crippen LogP contribution is -2.60. The van der Waals surface area contributed by atoms with Crippen molar-refractivity contribution in [3.63, 3.8) is 0 Å². The van der Waals surface area contributed by atoms with E-state index in [-0.39, 0.29) is 11.5 Å². The number of H-pyrrole nitrogens is 1. The molecule has 0 saturated carbocycles. The first-order valence-electron chi connectivity index (χ1n) is 15.6. The Morgan fingerprint density at radius 1 is 1.07 bits per heavy atom. The van der Waals surface area contributed by atoms with Gasteiger partial charge in [-0.3, -0.25) is 9.78 Å². The molecule has 0 bridgehead atoms. The van der Waals surface area contributed by atoms with Crippen molar-refractivity contribution in [3.05, 3.63) is 58.2 Å². The summed E-state index contributed by atoms with van der Waals surface area (Å²) >= 11 is 0. The quantitative estimate of drug-likeness (QED) is 0.319. The summed E-state index contributed by atoms with van der Waals surface area (Å²) < 4.78 is 7.70. The molecule has 1 N–H and O–H groups in total. The zero-order chi connectivity index (χ0) is 30.3. The van der Waals surface area contributed by atoms with E-state index in [1.165, 1.54) is 44.8 Å². The van der Waals surface area contributed by atoms with Crippen LogP contribution in [0.15, 0.2) is 24.5 Å². The summed E-state index contributed by atoms with van der Waals surface area (Å²) in [6.45, 7) is 15.7. The maximum atomic E-state index is 12.7. The third-order valence-corrected chi connectivity index (χ3v) is 9.87. The van der Waals surface area contributed by atoms with Gasteiger partial charge in [-0.15, -0.1) is 0 Å². The fourth-order valence-corrected chi connectivity index (χ4v) is 7.91. The molecular formula is C34H43N7O2. The van der Waals surface area contributed by atoms with Crippen LogP contribution in [-0.4, -0.2) is 67.7 Å². The number of carbonyl (C=O) groups is 1. The number of pyridine rings is 1. The molecule has 1 aromatic carbocycles. The van der Waals surface area contributed by atoms with Crippen molar-refractivity contribution in [2.45, 2.75) is 78.7 Å². The van der Waals surface area contributed by atoms with Gasteiger partial charge >= 0.3 is 6.09 Å². The third-order valence-electron chi connectivity index (χ3n) is 9.87. The molecule has 2 saturated heterocycles. The standard InChI is InChI=1S/C34H43N7O2/c1-20-8-9-24-16-35-38-29(24)27(20)28-22(3)31(37-26-14-23(10-11-25(26)28)30-21(2)15-36-39(30)7)40-13-12-34(17-40)18-41(19-34)32(42)43-33(4,5)6/h8-9,15-16,23H,10-14,17-19H2,1-7H3,(H,35,38)/t23-/m1/s1. The number of aryl methyl sites for hydroxylation is 3. The van der Waals surface area contributed by atoms with Crippen molar-refractivity contribution in [1.29, 1.82) is 0 Å². The molecular weight excluding hydrogens is 538 g/mol. The molecule has 0 unspecified atom stereocenters. The topological polar surface area (TPSA) is 92.2 Å². The molecule has 5 heterocycles. The number of benzene rings is 1. The molecule has 3 aromatic heterocycles. The van der Waals surface area contributed by atoms with E-state index in [4.69, 9.17) is 9.72 Å². The summed E-state index contributed by atoms with van der Waals surface area (Å²) in [5.41, 5.74) is 10.9. The van der Waals surface area contributed by atoms with Crippen molar-refractivity contribution in [2.24, 2.45) is 12.5 Å². The summed E-state index contributed by atoms with van der Waals surface area (Å²) in [6, 6.07) is 4.37. The number of hydrogen-bond acceptors (Lipinski definition) is 6. The van der Waals surface area contributed by atoms with Crippen LogP contribution in [-0.2, 0) is 24.6 Å². The highest BCUT2D eigenvalue weighted by atomic mass is 16.6. The molecule has 1 atom stereocenters. The van der Waals surface area contributed by atoms with E-state index in [0.717, 1.165) is 68.6 Å². The maximum Gasteiger partial charge on any atom is 0.410 e. The number of carbonyl (C=O) groups excluding carboxylic acids is 1. The van der Waals surface area contributed by atoms with Crippen LogP contribution < -0.4 is 4.90 Å². The first-order chi connectivity index (χ1) is 20.4. The van der Waals surface area contributed by atoms with E-state index in [9.17, 15) is 4.79 Å². The number of amides is 1. The predicted octanol–water partition coefficient (Wildman–Crippen LogP) is 6.00. The number of ether oxygens (including phenoxy) is 1. The average molecular weight is 582 g/mol. The molecule has 1 spiro atoms. The van der Waals surface area contributed by atoms with Gasteiger partial charge in [0.2, 0.25) is 0 Å². The Labute approximate surface area is 253 Å². The largest absolute Gasteiger partial charge is 0.444 e. The van der Waals surface area contributed by atoms with Crippen LogP contribution in [0.25, 0.3) is 22.0 Å². The highest BCUT2D eigenvalue weighted by molar-refractivity contribution is 5.98. The Kier molecular flexibility index (Phi) is 6.38. The Morgan fingerprint density at radius 3 is 2.58 bits per heavy atom. The number of fused-ring (bicyclic) bond motifs is 2. The SMILES string of the molecule is Cc1ccc2cn[nH]c2c1-c1c(C)c(N2CCC3(CN(C(=O)OC(C)(C)C)C3)C2)nc2c1CC[C@@H](c1c(C)cnn1C)C2. The summed E-state index contributed by atoms with van der Waals surface area (Å²) in [4.78, 5) is 22.5. The van der Waals surface area contributed by atoms with Crippen LogP contribution in [0.2, 0.25) is 0 Å². The smallest absolute Gasteiger partial charge is 0.410 e. The van der Waals surface area contributed by atoms with Crippen molar-refractivity contribution in [2.75, 3.05) is 31.1 Å². The van der Waals surface area contributed by atoms with Crippen LogP contribution in [0.5, 0.6) is 0 Å². The maximum absolute atomic E-state index is 12.7. The molecule has 4 aromatic rings. The van der Waals surface area contributed by atoms with E-state index in [1.807, 2.05) is 42.7 Å². The molecule has 2 aliphatic heterocycles. The predicted molar refractivity (Wildman–Crippen MR) is 169 cm³/mol. The molecule has 2 fully saturated rings. The molecule has 7 rings (SSSR count). The summed E-state index contributed by atoms with van der Waals surface area (Å²) in [5.74, 6) is 1.47. The van der Waals surface area contributed by atoms with E-state index in [0.29, 0.717) is 5.92 Å². The van der Waals surface area contributed by atoms with Crippen LogP contribution in [0.3, 0.4) is 0 Å². The van der Waals surface area contributed by atoms with Gasteiger partial charge in [0.25, 0.3) is 0 Å². The normalized spacial score (nSPS) is 19.7. The van der Waals surface area contributed by atoms with Crippen molar-refractivity contribution >= 4 is 22.8 Å². The van der Waals surface area contributed by atoms with Gasteiger partial charge in [0.05, 0.1) is 17.9 Å². The second-order valence-electron chi connectivity index (χ2n) is 14.2. The molecule has 1 aliphatic carbocycles. The average Bonchev–Trinajstić information content (AvgIpc) is 3.66. The number of nitrogens with zero attached hydrogens (tertiary/aromatic N) is 6. The number of likely N-dealkylation sites (tertiary alicyclic amines) is 1. The van der Waals surface area contributed by atoms with Crippen LogP contribution >= 0.6 is 0 Å². The lowest BCUT2D eigenvalue weighted by atomic mass is 9.78. The lowest BCUT2D eigenvalue weighted by molar-refractivity contribution is -0.0266. The monoisotopic (exact) mass is 581 g/mol. The minimum absolute atomic E-state index is 0.0920. The first-order valence-corrected chi connectivity index (χ1v) is 15.6. The van der Waals surface area contributed by atoms with E-state index >= 15 is 0 Å². The number of aromatic nitrogens is 5. The molecule has 226 valence electrons. The Hall–Kier alpha value is -3.88. The van der Waals surface area contributed by atoms with Gasteiger partial charge in [0.15, 0.2) is 0 Å². The van der Waals surface area contributed by atoms with Gasteiger partial charge in [-0.25, -0.2) is 9.78 Å². The molecule has 0 radical (unpaired) electrons. The van der Waals surface area contributed by atoms with Gasteiger partial charge in [0.1, 0.15) is 11.4 Å². The van der Waals surface area contributed by atoms with Gasteiger partial charge < -0.3 is 14.5 Å². The second kappa shape index (κ2) is 9.82. The van der Waals surface area contributed by atoms with E-state index in [1.54, 1.807) is 0 Å². The minimum atomic E-state index is -0.483. The van der Waals surface area contributed by atoms with Crippen LogP contribution in [0, 0.1) is 26.2 Å². The van der Waals surface area contributed by atoms with Gasteiger partial charge in [0, 0.05) is 66.9 Å². The van der Waals surface area contributed by atoms with Crippen LogP contribution in [0.1, 0.15) is 73.2 Å². The zero-order valence-corrected chi connectivity index (χ0v) is 26.5. The van der Waals surface area contributed by atoms with Crippen molar-refractivity contribution < 1.29 is 9.53 Å². The van der Waals surface area contributed by atoms with E-state index < -0.39 is 5.60 Å². The highest BCUT2D eigenvalue weighted by Crippen LogP contribution is 2.47. The van der Waals surface area contributed by atoms with Gasteiger partial charge in [-0.1, -0.05) is 12.1 Å². The second-order valence-corrected chi connectivity index (χ2v) is 14.2. The summed E-state index contributed by atoms with van der Waals surface area (Å²) in [5, 5.41) is 13.4. The number of anilines is 1. The third kappa shape index (κ3) is 4.68.